The van der Waals surface area contributed by atoms with Gasteiger partial charge >= 0.3 is 0 Å². The third kappa shape index (κ3) is 3.79. The SMILES string of the molecule is CCC(=O)C=C(C)Sc1ccccc1. The molecule has 0 unspecified atom stereocenters. The summed E-state index contributed by atoms with van der Waals surface area (Å²) in [4.78, 5) is 13.3. The molecule has 0 N–H and O–H groups in total. The van der Waals surface area contributed by atoms with Gasteiger partial charge in [0, 0.05) is 11.3 Å². The van der Waals surface area contributed by atoms with Gasteiger partial charge in [0.1, 0.15) is 0 Å². The van der Waals surface area contributed by atoms with E-state index in [0.29, 0.717) is 6.42 Å². The Bertz CT molecular complexity index is 327. The zero-order chi connectivity index (χ0) is 10.4. The van der Waals surface area contributed by atoms with Crippen LogP contribution in [-0.2, 0) is 4.79 Å². The minimum atomic E-state index is 0.186. The summed E-state index contributed by atoms with van der Waals surface area (Å²) >= 11 is 1.63. The molecule has 0 aliphatic heterocycles. The fraction of sp³-hybridized carbons (Fsp3) is 0.250. The van der Waals surface area contributed by atoms with Crippen molar-refractivity contribution in [2.45, 2.75) is 25.2 Å². The maximum atomic E-state index is 11.1. The standard InChI is InChI=1S/C12H14OS/c1-3-11(13)9-10(2)14-12-7-5-4-6-8-12/h4-9H,3H2,1-2H3. The summed E-state index contributed by atoms with van der Waals surface area (Å²) in [5, 5.41) is 0. The molecule has 0 amide bonds. The quantitative estimate of drug-likeness (QED) is 0.552. The highest BCUT2D eigenvalue weighted by Gasteiger charge is 1.97. The van der Waals surface area contributed by atoms with Crippen molar-refractivity contribution in [2.75, 3.05) is 0 Å². The van der Waals surface area contributed by atoms with Crippen LogP contribution in [0.15, 0.2) is 46.2 Å². The van der Waals surface area contributed by atoms with E-state index < -0.39 is 0 Å². The maximum Gasteiger partial charge on any atom is 0.156 e. The van der Waals surface area contributed by atoms with Crippen LogP contribution >= 0.6 is 11.8 Å². The lowest BCUT2D eigenvalue weighted by Gasteiger charge is -1.99. The van der Waals surface area contributed by atoms with E-state index in [1.165, 1.54) is 4.90 Å². The van der Waals surface area contributed by atoms with Gasteiger partial charge < -0.3 is 0 Å². The zero-order valence-electron chi connectivity index (χ0n) is 8.49. The second kappa shape index (κ2) is 5.66. The van der Waals surface area contributed by atoms with Crippen LogP contribution in [0.25, 0.3) is 0 Å². The lowest BCUT2D eigenvalue weighted by molar-refractivity contribution is -0.114. The predicted octanol–water partition coefficient (Wildman–Crippen LogP) is 3.66. The molecule has 0 atom stereocenters. The van der Waals surface area contributed by atoms with Gasteiger partial charge in [-0.25, -0.2) is 0 Å². The van der Waals surface area contributed by atoms with Crippen LogP contribution in [0.5, 0.6) is 0 Å². The normalized spacial score (nSPS) is 11.4. The summed E-state index contributed by atoms with van der Waals surface area (Å²) in [6.45, 7) is 3.84. The van der Waals surface area contributed by atoms with E-state index in [4.69, 9.17) is 0 Å². The first kappa shape index (κ1) is 11.1. The first-order valence-corrected chi connectivity index (χ1v) is 5.48. The van der Waals surface area contributed by atoms with Gasteiger partial charge in [-0.1, -0.05) is 36.9 Å². The first-order valence-electron chi connectivity index (χ1n) is 4.66. The number of carbonyl (C=O) groups excluding carboxylic acids is 1. The van der Waals surface area contributed by atoms with Crippen LogP contribution in [0.1, 0.15) is 20.3 Å². The van der Waals surface area contributed by atoms with Crippen molar-refractivity contribution in [3.63, 3.8) is 0 Å². The number of ketones is 1. The largest absolute Gasteiger partial charge is 0.295 e. The van der Waals surface area contributed by atoms with Gasteiger partial charge in [-0.2, -0.15) is 0 Å². The number of thioether (sulfide) groups is 1. The Morgan fingerprint density at radius 3 is 2.57 bits per heavy atom. The Kier molecular flexibility index (Phi) is 4.47. The van der Waals surface area contributed by atoms with Crippen molar-refractivity contribution < 1.29 is 4.79 Å². The van der Waals surface area contributed by atoms with Crippen molar-refractivity contribution >= 4 is 17.5 Å². The van der Waals surface area contributed by atoms with Crippen LogP contribution in [-0.4, -0.2) is 5.78 Å². The van der Waals surface area contributed by atoms with Crippen LogP contribution in [0.3, 0.4) is 0 Å². The van der Waals surface area contributed by atoms with Gasteiger partial charge in [0.05, 0.1) is 0 Å². The van der Waals surface area contributed by atoms with Crippen molar-refractivity contribution in [3.05, 3.63) is 41.3 Å². The lowest BCUT2D eigenvalue weighted by Crippen LogP contribution is -1.88. The molecule has 0 aliphatic carbocycles. The van der Waals surface area contributed by atoms with Crippen molar-refractivity contribution in [2.24, 2.45) is 0 Å². The fourth-order valence-electron chi connectivity index (χ4n) is 1.03. The highest BCUT2D eigenvalue weighted by atomic mass is 32.2. The highest BCUT2D eigenvalue weighted by molar-refractivity contribution is 8.03. The monoisotopic (exact) mass is 206 g/mol. The maximum absolute atomic E-state index is 11.1. The molecule has 0 saturated heterocycles. The van der Waals surface area contributed by atoms with E-state index in [9.17, 15) is 4.79 Å². The van der Waals surface area contributed by atoms with E-state index in [-0.39, 0.29) is 5.78 Å². The molecular formula is C12H14OS. The second-order valence-corrected chi connectivity index (χ2v) is 4.31. The number of allylic oxidation sites excluding steroid dienone is 2. The summed E-state index contributed by atoms with van der Waals surface area (Å²) in [5.74, 6) is 0.186. The Labute approximate surface area is 89.2 Å². The number of hydrogen-bond donors (Lipinski definition) is 0. The average molecular weight is 206 g/mol. The highest BCUT2D eigenvalue weighted by Crippen LogP contribution is 2.25. The summed E-state index contributed by atoms with van der Waals surface area (Å²) in [6, 6.07) is 10.1. The van der Waals surface area contributed by atoms with Gasteiger partial charge in [-0.15, -0.1) is 0 Å². The Morgan fingerprint density at radius 2 is 2.00 bits per heavy atom. The number of rotatable bonds is 4. The average Bonchev–Trinajstić information content (AvgIpc) is 2.19. The molecule has 2 heteroatoms. The number of hydrogen-bond acceptors (Lipinski definition) is 2. The summed E-state index contributed by atoms with van der Waals surface area (Å²) < 4.78 is 0. The third-order valence-electron chi connectivity index (χ3n) is 1.73. The molecule has 0 spiro atoms. The lowest BCUT2D eigenvalue weighted by atomic mass is 10.3. The molecule has 1 nitrogen and oxygen atoms in total. The minimum Gasteiger partial charge on any atom is -0.295 e. The van der Waals surface area contributed by atoms with Crippen molar-refractivity contribution in [3.8, 4) is 0 Å². The van der Waals surface area contributed by atoms with E-state index >= 15 is 0 Å². The fourth-order valence-corrected chi connectivity index (χ4v) is 1.89. The Morgan fingerprint density at radius 1 is 1.36 bits per heavy atom. The molecule has 0 radical (unpaired) electrons. The number of carbonyl (C=O) groups is 1. The van der Waals surface area contributed by atoms with E-state index in [2.05, 4.69) is 0 Å². The molecule has 1 aromatic rings. The molecule has 0 aromatic heterocycles. The molecular weight excluding hydrogens is 192 g/mol. The van der Waals surface area contributed by atoms with Gasteiger partial charge in [-0.3, -0.25) is 4.79 Å². The van der Waals surface area contributed by atoms with Crippen molar-refractivity contribution in [1.29, 1.82) is 0 Å². The van der Waals surface area contributed by atoms with E-state index in [1.807, 2.05) is 44.2 Å². The van der Waals surface area contributed by atoms with Gasteiger partial charge in [0.2, 0.25) is 0 Å². The molecule has 74 valence electrons. The molecule has 1 rings (SSSR count). The number of benzene rings is 1. The van der Waals surface area contributed by atoms with E-state index in [1.54, 1.807) is 17.8 Å². The summed E-state index contributed by atoms with van der Waals surface area (Å²) in [7, 11) is 0. The Balaban J connectivity index is 2.61. The Hall–Kier alpha value is -1.02. The van der Waals surface area contributed by atoms with Gasteiger partial charge in [-0.05, 0) is 30.0 Å². The van der Waals surface area contributed by atoms with Gasteiger partial charge in [0.15, 0.2) is 5.78 Å². The van der Waals surface area contributed by atoms with Crippen LogP contribution < -0.4 is 0 Å². The molecule has 14 heavy (non-hydrogen) atoms. The first-order chi connectivity index (χ1) is 6.72. The van der Waals surface area contributed by atoms with E-state index in [0.717, 1.165) is 4.91 Å². The molecule has 0 aliphatic rings. The molecule has 0 fully saturated rings. The predicted molar refractivity (Wildman–Crippen MR) is 61.4 cm³/mol. The zero-order valence-corrected chi connectivity index (χ0v) is 9.30. The second-order valence-electron chi connectivity index (χ2n) is 2.99. The summed E-state index contributed by atoms with van der Waals surface area (Å²) in [5.41, 5.74) is 0. The summed E-state index contributed by atoms with van der Waals surface area (Å²) in [6.07, 6.45) is 2.28. The smallest absolute Gasteiger partial charge is 0.156 e. The molecule has 0 bridgehead atoms. The molecule has 1 aromatic carbocycles. The topological polar surface area (TPSA) is 17.1 Å². The minimum absolute atomic E-state index is 0.186. The van der Waals surface area contributed by atoms with Crippen LogP contribution in [0, 0.1) is 0 Å². The third-order valence-corrected chi connectivity index (χ3v) is 2.68. The van der Waals surface area contributed by atoms with Crippen LogP contribution in [0.2, 0.25) is 0 Å². The van der Waals surface area contributed by atoms with Crippen LogP contribution in [0.4, 0.5) is 0 Å². The van der Waals surface area contributed by atoms with Crippen molar-refractivity contribution in [1.82, 2.24) is 0 Å². The molecule has 0 heterocycles. The van der Waals surface area contributed by atoms with Gasteiger partial charge in [0.25, 0.3) is 0 Å². The molecule has 0 saturated carbocycles.